The minimum atomic E-state index is -0.214. The molecule has 2 aromatic rings. The van der Waals surface area contributed by atoms with E-state index in [0.29, 0.717) is 6.61 Å². The minimum absolute atomic E-state index is 0.153. The van der Waals surface area contributed by atoms with Crippen molar-refractivity contribution in [3.63, 3.8) is 0 Å². The molecule has 0 fully saturated rings. The molecule has 1 aromatic heterocycles. The Morgan fingerprint density at radius 1 is 1.36 bits per heavy atom. The molecule has 6 heteroatoms. The van der Waals surface area contributed by atoms with Gasteiger partial charge in [0.05, 0.1) is 18.5 Å². The first-order valence-corrected chi connectivity index (χ1v) is 7.14. The fraction of sp³-hybridized carbons (Fsp3) is 0.312. The molecule has 1 aromatic carbocycles. The molecular weight excluding hydrogens is 280 g/mol. The second-order valence-corrected chi connectivity index (χ2v) is 4.88. The third-order valence-electron chi connectivity index (χ3n) is 2.99. The maximum Gasteiger partial charge on any atom is 0.261 e. The van der Waals surface area contributed by atoms with E-state index in [1.807, 2.05) is 51.1 Å². The first-order chi connectivity index (χ1) is 10.6. The highest BCUT2D eigenvalue weighted by atomic mass is 16.5. The van der Waals surface area contributed by atoms with Crippen LogP contribution in [0.4, 0.5) is 0 Å². The molecule has 0 aliphatic rings. The molecule has 0 saturated carbocycles. The Labute approximate surface area is 129 Å². The van der Waals surface area contributed by atoms with Crippen LogP contribution in [-0.2, 0) is 11.3 Å². The lowest BCUT2D eigenvalue weighted by Gasteiger charge is -2.03. The number of amides is 1. The van der Waals surface area contributed by atoms with Crippen molar-refractivity contribution in [1.29, 1.82) is 0 Å². The lowest BCUT2D eigenvalue weighted by molar-refractivity contribution is -0.121. The zero-order valence-corrected chi connectivity index (χ0v) is 13.0. The van der Waals surface area contributed by atoms with Crippen molar-refractivity contribution in [3.8, 4) is 5.75 Å². The van der Waals surface area contributed by atoms with E-state index < -0.39 is 0 Å². The van der Waals surface area contributed by atoms with Crippen LogP contribution in [0.1, 0.15) is 23.9 Å². The molecule has 0 aliphatic carbocycles. The van der Waals surface area contributed by atoms with Gasteiger partial charge in [0.25, 0.3) is 5.91 Å². The number of aryl methyl sites for hydroxylation is 2. The molecule has 1 N–H and O–H groups in total. The molecular formula is C16H20N4O2. The molecule has 0 radical (unpaired) electrons. The lowest BCUT2D eigenvalue weighted by atomic mass is 10.2. The van der Waals surface area contributed by atoms with Crippen molar-refractivity contribution in [2.75, 3.05) is 6.61 Å². The minimum Gasteiger partial charge on any atom is -0.494 e. The average Bonchev–Trinajstić information content (AvgIpc) is 2.79. The second kappa shape index (κ2) is 7.40. The second-order valence-electron chi connectivity index (χ2n) is 4.88. The van der Waals surface area contributed by atoms with Crippen molar-refractivity contribution in [3.05, 3.63) is 47.3 Å². The number of nitrogens with one attached hydrogen (secondary N) is 1. The Morgan fingerprint density at radius 3 is 2.68 bits per heavy atom. The van der Waals surface area contributed by atoms with Gasteiger partial charge in [-0.1, -0.05) is 0 Å². The summed E-state index contributed by atoms with van der Waals surface area (Å²) >= 11 is 0. The molecule has 116 valence electrons. The van der Waals surface area contributed by atoms with Crippen LogP contribution in [0.5, 0.6) is 5.75 Å². The van der Waals surface area contributed by atoms with Gasteiger partial charge in [-0.2, -0.15) is 10.2 Å². The maximum absolute atomic E-state index is 11.8. The van der Waals surface area contributed by atoms with Gasteiger partial charge in [-0.05, 0) is 56.7 Å². The van der Waals surface area contributed by atoms with E-state index in [9.17, 15) is 4.79 Å². The summed E-state index contributed by atoms with van der Waals surface area (Å²) < 4.78 is 7.01. The number of rotatable bonds is 6. The highest BCUT2D eigenvalue weighted by Gasteiger charge is 2.05. The number of hydrazone groups is 1. The number of carbonyl (C=O) groups is 1. The standard InChI is InChI=1S/C16H20N4O2/c1-4-22-15-7-5-14(6-8-15)10-17-18-16(21)11-20-13(3)9-12(2)19-20/h5-10H,4,11H2,1-3H3,(H,18,21). The van der Waals surface area contributed by atoms with Crippen LogP contribution in [-0.4, -0.2) is 28.5 Å². The van der Waals surface area contributed by atoms with E-state index in [1.54, 1.807) is 10.9 Å². The Bertz CT molecular complexity index is 659. The van der Waals surface area contributed by atoms with Gasteiger partial charge in [-0.3, -0.25) is 9.48 Å². The molecule has 0 aliphatic heterocycles. The largest absolute Gasteiger partial charge is 0.494 e. The van der Waals surface area contributed by atoms with Crippen molar-refractivity contribution >= 4 is 12.1 Å². The summed E-state index contributed by atoms with van der Waals surface area (Å²) in [6.45, 7) is 6.53. The smallest absolute Gasteiger partial charge is 0.261 e. The van der Waals surface area contributed by atoms with Gasteiger partial charge in [0.15, 0.2) is 0 Å². The van der Waals surface area contributed by atoms with E-state index in [4.69, 9.17) is 4.74 Å². The Morgan fingerprint density at radius 2 is 2.09 bits per heavy atom. The van der Waals surface area contributed by atoms with Gasteiger partial charge in [-0.25, -0.2) is 5.43 Å². The molecule has 0 unspecified atom stereocenters. The third kappa shape index (κ3) is 4.44. The highest BCUT2D eigenvalue weighted by Crippen LogP contribution is 2.10. The monoisotopic (exact) mass is 300 g/mol. The Kier molecular flexibility index (Phi) is 5.30. The van der Waals surface area contributed by atoms with Gasteiger partial charge in [-0.15, -0.1) is 0 Å². The van der Waals surface area contributed by atoms with Crippen LogP contribution in [0.3, 0.4) is 0 Å². The summed E-state index contributed by atoms with van der Waals surface area (Å²) in [5.74, 6) is 0.599. The van der Waals surface area contributed by atoms with Crippen LogP contribution < -0.4 is 10.2 Å². The van der Waals surface area contributed by atoms with Gasteiger partial charge in [0, 0.05) is 5.69 Å². The molecule has 0 atom stereocenters. The van der Waals surface area contributed by atoms with Crippen molar-refractivity contribution in [2.24, 2.45) is 5.10 Å². The normalized spacial score (nSPS) is 10.9. The van der Waals surface area contributed by atoms with E-state index in [-0.39, 0.29) is 12.5 Å². The maximum atomic E-state index is 11.8. The van der Waals surface area contributed by atoms with Crippen molar-refractivity contribution in [2.45, 2.75) is 27.3 Å². The zero-order chi connectivity index (χ0) is 15.9. The van der Waals surface area contributed by atoms with E-state index in [1.165, 1.54) is 0 Å². The van der Waals surface area contributed by atoms with Crippen LogP contribution in [0.15, 0.2) is 35.4 Å². The van der Waals surface area contributed by atoms with Gasteiger partial charge in [0.2, 0.25) is 0 Å². The predicted molar refractivity (Wildman–Crippen MR) is 85.0 cm³/mol. The summed E-state index contributed by atoms with van der Waals surface area (Å²) in [4.78, 5) is 11.8. The molecule has 1 heterocycles. The Hall–Kier alpha value is -2.63. The number of aromatic nitrogens is 2. The molecule has 6 nitrogen and oxygen atoms in total. The summed E-state index contributed by atoms with van der Waals surface area (Å²) in [5, 5.41) is 8.18. The van der Waals surface area contributed by atoms with Gasteiger partial charge < -0.3 is 4.74 Å². The summed E-state index contributed by atoms with van der Waals surface area (Å²) in [5.41, 5.74) is 5.22. The number of benzene rings is 1. The van der Waals surface area contributed by atoms with E-state index in [0.717, 1.165) is 22.7 Å². The molecule has 1 amide bonds. The number of hydrogen-bond donors (Lipinski definition) is 1. The summed E-state index contributed by atoms with van der Waals surface area (Å²) in [7, 11) is 0. The number of ether oxygens (including phenoxy) is 1. The first-order valence-electron chi connectivity index (χ1n) is 7.14. The number of hydrogen-bond acceptors (Lipinski definition) is 4. The number of nitrogens with zero attached hydrogens (tertiary/aromatic N) is 3. The van der Waals surface area contributed by atoms with Crippen LogP contribution >= 0.6 is 0 Å². The van der Waals surface area contributed by atoms with E-state index >= 15 is 0 Å². The van der Waals surface area contributed by atoms with Gasteiger partial charge in [0.1, 0.15) is 12.3 Å². The van der Waals surface area contributed by atoms with Crippen molar-refractivity contribution < 1.29 is 9.53 Å². The van der Waals surface area contributed by atoms with Gasteiger partial charge >= 0.3 is 0 Å². The van der Waals surface area contributed by atoms with Crippen molar-refractivity contribution in [1.82, 2.24) is 15.2 Å². The SMILES string of the molecule is CCOc1ccc(C=NNC(=O)Cn2nc(C)cc2C)cc1. The summed E-state index contributed by atoms with van der Waals surface area (Å²) in [6, 6.07) is 9.41. The average molecular weight is 300 g/mol. The van der Waals surface area contributed by atoms with Crippen LogP contribution in [0.25, 0.3) is 0 Å². The quantitative estimate of drug-likeness (QED) is 0.656. The lowest BCUT2D eigenvalue weighted by Crippen LogP contribution is -2.24. The van der Waals surface area contributed by atoms with Crippen LogP contribution in [0.2, 0.25) is 0 Å². The number of carbonyl (C=O) groups excluding carboxylic acids is 1. The Balaban J connectivity index is 1.86. The highest BCUT2D eigenvalue weighted by molar-refractivity contribution is 5.82. The molecule has 0 saturated heterocycles. The fourth-order valence-electron chi connectivity index (χ4n) is 2.00. The topological polar surface area (TPSA) is 68.5 Å². The molecule has 22 heavy (non-hydrogen) atoms. The molecule has 2 rings (SSSR count). The van der Waals surface area contributed by atoms with Crippen LogP contribution in [0, 0.1) is 13.8 Å². The molecule has 0 bridgehead atoms. The zero-order valence-electron chi connectivity index (χ0n) is 13.0. The predicted octanol–water partition coefficient (Wildman–Crippen LogP) is 2.05. The summed E-state index contributed by atoms with van der Waals surface area (Å²) in [6.07, 6.45) is 1.59. The third-order valence-corrected chi connectivity index (χ3v) is 2.99. The fourth-order valence-corrected chi connectivity index (χ4v) is 2.00. The first kappa shape index (κ1) is 15.8. The van der Waals surface area contributed by atoms with E-state index in [2.05, 4.69) is 15.6 Å². The molecule has 0 spiro atoms.